The first kappa shape index (κ1) is 20.7. The van der Waals surface area contributed by atoms with Gasteiger partial charge in [0.25, 0.3) is 0 Å². The molecule has 1 aliphatic heterocycles. The zero-order valence-electron chi connectivity index (χ0n) is 17.6. The van der Waals surface area contributed by atoms with Crippen LogP contribution in [0.2, 0.25) is 0 Å². The van der Waals surface area contributed by atoms with E-state index in [4.69, 9.17) is 0 Å². The topological polar surface area (TPSA) is 53.1 Å². The molecule has 2 heterocycles. The predicted octanol–water partition coefficient (Wildman–Crippen LogP) is 3.97. The van der Waals surface area contributed by atoms with Gasteiger partial charge in [-0.2, -0.15) is 0 Å². The average molecular weight is 386 g/mol. The van der Waals surface area contributed by atoms with Crippen LogP contribution in [0.1, 0.15) is 51.7 Å². The summed E-state index contributed by atoms with van der Waals surface area (Å²) in [5, 5.41) is 6.68. The molecular formula is C22H32FN5. The molecule has 1 saturated heterocycles. The minimum Gasteiger partial charge on any atom is -0.357 e. The van der Waals surface area contributed by atoms with Gasteiger partial charge in [0.05, 0.1) is 0 Å². The van der Waals surface area contributed by atoms with Gasteiger partial charge in [0.1, 0.15) is 5.82 Å². The summed E-state index contributed by atoms with van der Waals surface area (Å²) in [6.07, 6.45) is 5.70. The molecule has 1 aliphatic rings. The zero-order chi connectivity index (χ0) is 20.4. The average Bonchev–Trinajstić information content (AvgIpc) is 2.61. The summed E-state index contributed by atoms with van der Waals surface area (Å²) in [5.74, 6) is 0.454. The third-order valence-corrected chi connectivity index (χ3v) is 5.33. The van der Waals surface area contributed by atoms with Gasteiger partial charge in [-0.05, 0) is 46.6 Å². The van der Waals surface area contributed by atoms with Crippen LogP contribution in [0.15, 0.2) is 36.7 Å². The largest absolute Gasteiger partial charge is 0.357 e. The molecule has 0 amide bonds. The molecule has 0 saturated carbocycles. The Balaban J connectivity index is 1.87. The highest BCUT2D eigenvalue weighted by molar-refractivity contribution is 5.23. The first-order chi connectivity index (χ1) is 13.2. The van der Waals surface area contributed by atoms with E-state index in [2.05, 4.69) is 53.2 Å². The van der Waals surface area contributed by atoms with E-state index in [9.17, 15) is 4.39 Å². The van der Waals surface area contributed by atoms with Crippen LogP contribution in [0, 0.1) is 5.82 Å². The van der Waals surface area contributed by atoms with Crippen molar-refractivity contribution in [1.29, 1.82) is 0 Å². The van der Waals surface area contributed by atoms with E-state index in [0.717, 1.165) is 24.0 Å². The van der Waals surface area contributed by atoms with Crippen LogP contribution < -0.4 is 10.6 Å². The summed E-state index contributed by atoms with van der Waals surface area (Å²) >= 11 is 0. The fourth-order valence-corrected chi connectivity index (χ4v) is 4.49. The van der Waals surface area contributed by atoms with E-state index >= 15 is 0 Å². The zero-order valence-corrected chi connectivity index (χ0v) is 17.6. The molecule has 0 radical (unpaired) electrons. The fraction of sp³-hybridized carbons (Fsp3) is 0.545. The number of nitrogens with one attached hydrogen (secondary N) is 2. The van der Waals surface area contributed by atoms with Crippen LogP contribution in [0.4, 0.5) is 10.3 Å². The maximum absolute atomic E-state index is 14.4. The summed E-state index contributed by atoms with van der Waals surface area (Å²) in [7, 11) is 1.80. The molecule has 0 bridgehead atoms. The second kappa shape index (κ2) is 8.13. The van der Waals surface area contributed by atoms with E-state index in [1.54, 1.807) is 13.1 Å². The van der Waals surface area contributed by atoms with Crippen molar-refractivity contribution in [3.8, 4) is 0 Å². The lowest BCUT2D eigenvalue weighted by molar-refractivity contribution is 0.0556. The minimum absolute atomic E-state index is 0.0202. The molecule has 1 aromatic heterocycles. The Morgan fingerprint density at radius 1 is 1.07 bits per heavy atom. The normalized spacial score (nSPS) is 19.0. The fourth-order valence-electron chi connectivity index (χ4n) is 4.49. The Kier molecular flexibility index (Phi) is 6.01. The first-order valence-corrected chi connectivity index (χ1v) is 9.93. The van der Waals surface area contributed by atoms with Crippen molar-refractivity contribution >= 4 is 5.95 Å². The number of anilines is 1. The number of hydrogen-bond acceptors (Lipinski definition) is 5. The van der Waals surface area contributed by atoms with Crippen LogP contribution in [0.5, 0.6) is 0 Å². The van der Waals surface area contributed by atoms with Crippen molar-refractivity contribution in [2.24, 2.45) is 0 Å². The monoisotopic (exact) mass is 385 g/mol. The lowest BCUT2D eigenvalue weighted by atomic mass is 9.79. The molecule has 0 unspecified atom stereocenters. The lowest BCUT2D eigenvalue weighted by Crippen LogP contribution is -2.62. The SMILES string of the molecule is CNc1ncc(CN(Cc2ccccc2F)C2CC(C)(C)NC(C)(C)C2)cn1. The number of hydrogen-bond donors (Lipinski definition) is 2. The predicted molar refractivity (Wildman–Crippen MR) is 112 cm³/mol. The van der Waals surface area contributed by atoms with E-state index in [1.807, 2.05) is 24.5 Å². The molecule has 2 N–H and O–H groups in total. The van der Waals surface area contributed by atoms with Crippen LogP contribution in [-0.2, 0) is 13.1 Å². The third-order valence-electron chi connectivity index (χ3n) is 5.33. The Labute approximate surface area is 167 Å². The molecular weight excluding hydrogens is 353 g/mol. The van der Waals surface area contributed by atoms with Gasteiger partial charge < -0.3 is 10.6 Å². The van der Waals surface area contributed by atoms with E-state index in [0.29, 0.717) is 25.1 Å². The molecule has 0 atom stereocenters. The van der Waals surface area contributed by atoms with Crippen LogP contribution in [0.25, 0.3) is 0 Å². The van der Waals surface area contributed by atoms with Gasteiger partial charge in [-0.25, -0.2) is 14.4 Å². The molecule has 152 valence electrons. The third kappa shape index (κ3) is 5.26. The second-order valence-electron chi connectivity index (χ2n) is 9.12. The van der Waals surface area contributed by atoms with E-state index in [-0.39, 0.29) is 16.9 Å². The molecule has 6 heteroatoms. The van der Waals surface area contributed by atoms with Gasteiger partial charge in [-0.15, -0.1) is 0 Å². The maximum atomic E-state index is 14.4. The summed E-state index contributed by atoms with van der Waals surface area (Å²) in [5.41, 5.74) is 1.80. The smallest absolute Gasteiger partial charge is 0.222 e. The van der Waals surface area contributed by atoms with Gasteiger partial charge in [0.2, 0.25) is 5.95 Å². The quantitative estimate of drug-likeness (QED) is 0.788. The summed E-state index contributed by atoms with van der Waals surface area (Å²) in [6, 6.07) is 7.38. The van der Waals surface area contributed by atoms with Crippen molar-refractivity contribution in [3.05, 3.63) is 53.6 Å². The van der Waals surface area contributed by atoms with Crippen molar-refractivity contribution < 1.29 is 4.39 Å². The van der Waals surface area contributed by atoms with Crippen molar-refractivity contribution in [2.45, 2.75) is 70.7 Å². The Bertz CT molecular complexity index is 772. The Morgan fingerprint density at radius 2 is 1.68 bits per heavy atom. The second-order valence-corrected chi connectivity index (χ2v) is 9.12. The molecule has 1 aromatic carbocycles. The highest BCUT2D eigenvalue weighted by Crippen LogP contribution is 2.33. The van der Waals surface area contributed by atoms with Crippen LogP contribution in [-0.4, -0.2) is 39.0 Å². The summed E-state index contributed by atoms with van der Waals surface area (Å²) < 4.78 is 14.4. The number of nitrogens with zero attached hydrogens (tertiary/aromatic N) is 3. The Hall–Kier alpha value is -2.05. The molecule has 1 fully saturated rings. The van der Waals surface area contributed by atoms with Crippen molar-refractivity contribution in [2.75, 3.05) is 12.4 Å². The van der Waals surface area contributed by atoms with Gasteiger partial charge in [0.15, 0.2) is 0 Å². The number of rotatable bonds is 6. The number of aromatic nitrogens is 2. The van der Waals surface area contributed by atoms with Crippen LogP contribution >= 0.6 is 0 Å². The molecule has 3 rings (SSSR count). The first-order valence-electron chi connectivity index (χ1n) is 9.93. The molecule has 0 spiro atoms. The Morgan fingerprint density at radius 3 is 2.25 bits per heavy atom. The van der Waals surface area contributed by atoms with Crippen molar-refractivity contribution in [1.82, 2.24) is 20.2 Å². The molecule has 0 aliphatic carbocycles. The number of piperidine rings is 1. The summed E-state index contributed by atoms with van der Waals surface area (Å²) in [4.78, 5) is 11.1. The standard InChI is InChI=1S/C22H32FN5/c1-21(2)10-18(11-22(3,4)27-21)28(15-17-8-6-7-9-19(17)23)14-16-12-25-20(24-5)26-13-16/h6-9,12-13,18,27H,10-11,14-15H2,1-5H3,(H,24,25,26). The lowest BCUT2D eigenvalue weighted by Gasteiger charge is -2.49. The molecule has 2 aromatic rings. The van der Waals surface area contributed by atoms with Crippen LogP contribution in [0.3, 0.4) is 0 Å². The molecule has 28 heavy (non-hydrogen) atoms. The van der Waals surface area contributed by atoms with Gasteiger partial charge in [0, 0.05) is 60.8 Å². The van der Waals surface area contributed by atoms with Crippen molar-refractivity contribution in [3.63, 3.8) is 0 Å². The highest BCUT2D eigenvalue weighted by Gasteiger charge is 2.40. The highest BCUT2D eigenvalue weighted by atomic mass is 19.1. The minimum atomic E-state index is -0.151. The van der Waals surface area contributed by atoms with Gasteiger partial charge in [-0.3, -0.25) is 4.90 Å². The number of halogens is 1. The maximum Gasteiger partial charge on any atom is 0.222 e. The van der Waals surface area contributed by atoms with E-state index in [1.165, 1.54) is 6.07 Å². The number of benzene rings is 1. The van der Waals surface area contributed by atoms with E-state index < -0.39 is 0 Å². The molecule has 5 nitrogen and oxygen atoms in total. The van der Waals surface area contributed by atoms with Gasteiger partial charge >= 0.3 is 0 Å². The summed E-state index contributed by atoms with van der Waals surface area (Å²) in [6.45, 7) is 10.2. The van der Waals surface area contributed by atoms with Gasteiger partial charge in [-0.1, -0.05) is 18.2 Å².